The van der Waals surface area contributed by atoms with Crippen LogP contribution in [0.3, 0.4) is 0 Å². The van der Waals surface area contributed by atoms with Gasteiger partial charge in [0.25, 0.3) is 0 Å². The Balaban J connectivity index is 2.43. The summed E-state index contributed by atoms with van der Waals surface area (Å²) in [5.74, 6) is 5.92. The summed E-state index contributed by atoms with van der Waals surface area (Å²) in [6.07, 6.45) is 8.94. The first-order valence-corrected chi connectivity index (χ1v) is 3.89. The second kappa shape index (κ2) is 4.76. The lowest BCUT2D eigenvalue weighted by Crippen LogP contribution is -1.83. The highest BCUT2D eigenvalue weighted by Gasteiger charge is 1.93. The van der Waals surface area contributed by atoms with Gasteiger partial charge in [-0.15, -0.1) is 0 Å². The Morgan fingerprint density at radius 1 is 1.55 bits per heavy atom. The molecule has 1 heteroatoms. The summed E-state index contributed by atoms with van der Waals surface area (Å²) >= 11 is 0. The zero-order valence-electron chi connectivity index (χ0n) is 6.51. The minimum absolute atomic E-state index is 0.163. The van der Waals surface area contributed by atoms with Crippen molar-refractivity contribution in [3.63, 3.8) is 0 Å². The third kappa shape index (κ3) is 3.06. The molecule has 1 rings (SSSR count). The molecule has 0 aliphatic heterocycles. The Hall–Kier alpha value is -1.00. The summed E-state index contributed by atoms with van der Waals surface area (Å²) in [7, 11) is 0. The number of hydrogen-bond donors (Lipinski definition) is 1. The molecule has 1 aliphatic carbocycles. The van der Waals surface area contributed by atoms with Gasteiger partial charge in [0.05, 0.1) is 6.61 Å². The van der Waals surface area contributed by atoms with E-state index in [0.29, 0.717) is 6.42 Å². The third-order valence-corrected chi connectivity index (χ3v) is 1.50. The summed E-state index contributed by atoms with van der Waals surface area (Å²) in [6, 6.07) is 0. The van der Waals surface area contributed by atoms with Crippen molar-refractivity contribution in [2.24, 2.45) is 0 Å². The minimum atomic E-state index is 0.163. The highest BCUT2D eigenvalue weighted by atomic mass is 16.2. The smallest absolute Gasteiger partial charge is 0.0540 e. The molecule has 1 nitrogen and oxygen atoms in total. The molecule has 0 saturated heterocycles. The Morgan fingerprint density at radius 2 is 2.45 bits per heavy atom. The average molecular weight is 148 g/mol. The molecular formula is C10H12O. The van der Waals surface area contributed by atoms with Crippen molar-refractivity contribution >= 4 is 0 Å². The number of allylic oxidation sites excluding steroid dienone is 4. The second-order valence-corrected chi connectivity index (χ2v) is 2.43. The van der Waals surface area contributed by atoms with Crippen molar-refractivity contribution < 1.29 is 5.11 Å². The van der Waals surface area contributed by atoms with Gasteiger partial charge in [-0.25, -0.2) is 0 Å². The molecule has 0 bridgehead atoms. The molecule has 0 spiro atoms. The van der Waals surface area contributed by atoms with Gasteiger partial charge in [-0.05, 0) is 12.8 Å². The molecule has 0 aromatic heterocycles. The van der Waals surface area contributed by atoms with Gasteiger partial charge in [0.15, 0.2) is 0 Å². The lowest BCUT2D eigenvalue weighted by atomic mass is 10.1. The summed E-state index contributed by atoms with van der Waals surface area (Å²) in [6.45, 7) is 0.163. The molecule has 0 unspecified atom stereocenters. The number of hydrogen-bond acceptors (Lipinski definition) is 1. The van der Waals surface area contributed by atoms with Crippen molar-refractivity contribution in [2.45, 2.75) is 19.3 Å². The number of aliphatic hydroxyl groups excluding tert-OH is 1. The van der Waals surface area contributed by atoms with Crippen LogP contribution >= 0.6 is 0 Å². The van der Waals surface area contributed by atoms with Crippen LogP contribution in [0.25, 0.3) is 0 Å². The van der Waals surface area contributed by atoms with E-state index in [-0.39, 0.29) is 6.61 Å². The lowest BCUT2D eigenvalue weighted by Gasteiger charge is -1.99. The largest absolute Gasteiger partial charge is 0.395 e. The van der Waals surface area contributed by atoms with E-state index in [9.17, 15) is 0 Å². The first-order valence-electron chi connectivity index (χ1n) is 3.89. The van der Waals surface area contributed by atoms with E-state index in [1.165, 1.54) is 5.57 Å². The maximum atomic E-state index is 8.46. The van der Waals surface area contributed by atoms with E-state index in [1.54, 1.807) is 0 Å². The molecule has 0 saturated carbocycles. The van der Waals surface area contributed by atoms with Crippen molar-refractivity contribution in [1.29, 1.82) is 0 Å². The molecule has 0 amide bonds. The zero-order chi connectivity index (χ0) is 7.94. The predicted molar refractivity (Wildman–Crippen MR) is 45.9 cm³/mol. The monoisotopic (exact) mass is 148 g/mol. The van der Waals surface area contributed by atoms with Crippen LogP contribution < -0.4 is 0 Å². The quantitative estimate of drug-likeness (QED) is 0.560. The highest BCUT2D eigenvalue weighted by molar-refractivity contribution is 5.34. The topological polar surface area (TPSA) is 20.2 Å². The first-order chi connectivity index (χ1) is 5.43. The Bertz CT molecular complexity index is 225. The SMILES string of the molecule is OCCC#CC1=CC=CCC1. The van der Waals surface area contributed by atoms with Crippen LogP contribution in [0.5, 0.6) is 0 Å². The van der Waals surface area contributed by atoms with E-state index < -0.39 is 0 Å². The first kappa shape index (κ1) is 8.10. The van der Waals surface area contributed by atoms with Crippen LogP contribution in [0.15, 0.2) is 23.8 Å². The maximum absolute atomic E-state index is 8.46. The van der Waals surface area contributed by atoms with E-state index in [2.05, 4.69) is 17.9 Å². The fourth-order valence-electron chi connectivity index (χ4n) is 0.939. The maximum Gasteiger partial charge on any atom is 0.0540 e. The summed E-state index contributed by atoms with van der Waals surface area (Å²) in [4.78, 5) is 0. The van der Waals surface area contributed by atoms with Gasteiger partial charge in [-0.3, -0.25) is 0 Å². The van der Waals surface area contributed by atoms with Crippen molar-refractivity contribution in [3.05, 3.63) is 23.8 Å². The van der Waals surface area contributed by atoms with Gasteiger partial charge in [0.1, 0.15) is 0 Å². The van der Waals surface area contributed by atoms with E-state index in [4.69, 9.17) is 5.11 Å². The average Bonchev–Trinajstić information content (AvgIpc) is 2.07. The number of rotatable bonds is 1. The Kier molecular flexibility index (Phi) is 3.51. The Morgan fingerprint density at radius 3 is 3.09 bits per heavy atom. The fraction of sp³-hybridized carbons (Fsp3) is 0.400. The minimum Gasteiger partial charge on any atom is -0.395 e. The molecule has 1 N–H and O–H groups in total. The fourth-order valence-corrected chi connectivity index (χ4v) is 0.939. The molecule has 0 atom stereocenters. The van der Waals surface area contributed by atoms with Crippen LogP contribution in [0.1, 0.15) is 19.3 Å². The predicted octanol–water partition coefficient (Wildman–Crippen LogP) is 1.65. The van der Waals surface area contributed by atoms with Crippen LogP contribution in [-0.2, 0) is 0 Å². The normalized spacial score (nSPS) is 15.2. The van der Waals surface area contributed by atoms with Crippen molar-refractivity contribution in [3.8, 4) is 11.8 Å². The molecule has 1 aliphatic rings. The van der Waals surface area contributed by atoms with Gasteiger partial charge < -0.3 is 5.11 Å². The van der Waals surface area contributed by atoms with Crippen LogP contribution in [-0.4, -0.2) is 11.7 Å². The standard InChI is InChI=1S/C10H12O/c11-9-5-4-8-10-6-2-1-3-7-10/h1-2,6,11H,3,5,7,9H2. The van der Waals surface area contributed by atoms with Crippen molar-refractivity contribution in [2.75, 3.05) is 6.61 Å². The molecule has 0 heterocycles. The van der Waals surface area contributed by atoms with E-state index >= 15 is 0 Å². The molecule has 0 aromatic rings. The van der Waals surface area contributed by atoms with Gasteiger partial charge in [-0.1, -0.05) is 30.1 Å². The molecular weight excluding hydrogens is 136 g/mol. The van der Waals surface area contributed by atoms with Gasteiger partial charge in [0, 0.05) is 12.0 Å². The van der Waals surface area contributed by atoms with Gasteiger partial charge in [0.2, 0.25) is 0 Å². The van der Waals surface area contributed by atoms with E-state index in [0.717, 1.165) is 12.8 Å². The lowest BCUT2D eigenvalue weighted by molar-refractivity contribution is 0.305. The number of aliphatic hydroxyl groups is 1. The van der Waals surface area contributed by atoms with Gasteiger partial charge in [-0.2, -0.15) is 0 Å². The summed E-state index contributed by atoms with van der Waals surface area (Å²) < 4.78 is 0. The van der Waals surface area contributed by atoms with Crippen LogP contribution in [0, 0.1) is 11.8 Å². The summed E-state index contributed by atoms with van der Waals surface area (Å²) in [5, 5.41) is 8.46. The van der Waals surface area contributed by atoms with Crippen LogP contribution in [0.4, 0.5) is 0 Å². The Labute approximate surface area is 67.4 Å². The molecule has 0 fully saturated rings. The van der Waals surface area contributed by atoms with Crippen LogP contribution in [0.2, 0.25) is 0 Å². The summed E-state index contributed by atoms with van der Waals surface area (Å²) in [5.41, 5.74) is 1.18. The zero-order valence-corrected chi connectivity index (χ0v) is 6.51. The van der Waals surface area contributed by atoms with Gasteiger partial charge >= 0.3 is 0 Å². The molecule has 58 valence electrons. The van der Waals surface area contributed by atoms with E-state index in [1.807, 2.05) is 12.2 Å². The second-order valence-electron chi connectivity index (χ2n) is 2.43. The highest BCUT2D eigenvalue weighted by Crippen LogP contribution is 2.09. The molecule has 0 radical (unpaired) electrons. The van der Waals surface area contributed by atoms with Crippen molar-refractivity contribution in [1.82, 2.24) is 0 Å². The molecule has 11 heavy (non-hydrogen) atoms. The molecule has 0 aromatic carbocycles. The third-order valence-electron chi connectivity index (χ3n) is 1.50.